The van der Waals surface area contributed by atoms with Crippen LogP contribution in [0.4, 0.5) is 4.79 Å². The van der Waals surface area contributed by atoms with E-state index >= 15 is 0 Å². The monoisotopic (exact) mass is 265 g/mol. The van der Waals surface area contributed by atoms with Crippen molar-refractivity contribution >= 4 is 11.9 Å². The zero-order valence-electron chi connectivity index (χ0n) is 12.0. The lowest BCUT2D eigenvalue weighted by Gasteiger charge is -2.25. The molecule has 1 amide bonds. The maximum Gasteiger partial charge on any atom is 0.410 e. The lowest BCUT2D eigenvalue weighted by molar-refractivity contribution is -0.121. The van der Waals surface area contributed by atoms with Gasteiger partial charge in [-0.2, -0.15) is 0 Å². The predicted octanol–water partition coefficient (Wildman–Crippen LogP) is 2.63. The minimum Gasteiger partial charge on any atom is -0.444 e. The third-order valence-electron chi connectivity index (χ3n) is 3.96. The van der Waals surface area contributed by atoms with E-state index in [2.05, 4.69) is 6.58 Å². The van der Waals surface area contributed by atoms with Crippen molar-refractivity contribution in [3.8, 4) is 0 Å². The summed E-state index contributed by atoms with van der Waals surface area (Å²) in [5.74, 6) is 0.983. The minimum atomic E-state index is -0.467. The average molecular weight is 265 g/mol. The van der Waals surface area contributed by atoms with Crippen LogP contribution in [-0.4, -0.2) is 35.5 Å². The molecule has 4 heteroatoms. The van der Waals surface area contributed by atoms with Gasteiger partial charge in [-0.05, 0) is 39.0 Å². The maximum absolute atomic E-state index is 12.0. The highest BCUT2D eigenvalue weighted by molar-refractivity contribution is 5.84. The largest absolute Gasteiger partial charge is 0.444 e. The molecular weight excluding hydrogens is 242 g/mol. The molecule has 2 aliphatic rings. The lowest BCUT2D eigenvalue weighted by atomic mass is 9.90. The fraction of sp³-hybridized carbons (Fsp3) is 0.733. The second kappa shape index (κ2) is 4.99. The van der Waals surface area contributed by atoms with Crippen LogP contribution < -0.4 is 0 Å². The number of likely N-dealkylation sites (tertiary alicyclic amines) is 1. The number of ether oxygens (including phenoxy) is 1. The second-order valence-corrected chi connectivity index (χ2v) is 6.61. The number of amides is 1. The number of hydrogen-bond donors (Lipinski definition) is 0. The Morgan fingerprint density at radius 1 is 1.47 bits per heavy atom. The Morgan fingerprint density at radius 2 is 2.16 bits per heavy atom. The molecule has 1 heterocycles. The molecule has 0 unspecified atom stereocenters. The van der Waals surface area contributed by atoms with Gasteiger partial charge in [0.25, 0.3) is 0 Å². The molecule has 1 saturated carbocycles. The number of carbonyl (C=O) groups is 2. The van der Waals surface area contributed by atoms with Crippen molar-refractivity contribution in [2.45, 2.75) is 39.2 Å². The Kier molecular flexibility index (Phi) is 3.70. The predicted molar refractivity (Wildman–Crippen MR) is 72.7 cm³/mol. The summed E-state index contributed by atoms with van der Waals surface area (Å²) in [6, 6.07) is 0. The number of rotatable bonds is 2. The van der Waals surface area contributed by atoms with Crippen molar-refractivity contribution in [1.82, 2.24) is 4.90 Å². The number of Topliss-reactive ketones (excluding diaryl/α,β-unsaturated/α-hetero) is 1. The van der Waals surface area contributed by atoms with E-state index in [4.69, 9.17) is 4.74 Å². The number of carbonyl (C=O) groups excluding carboxylic acids is 2. The zero-order valence-corrected chi connectivity index (χ0v) is 12.0. The number of hydrogen-bond acceptors (Lipinski definition) is 3. The van der Waals surface area contributed by atoms with Crippen molar-refractivity contribution in [2.24, 2.45) is 17.8 Å². The highest BCUT2D eigenvalue weighted by atomic mass is 16.6. The van der Waals surface area contributed by atoms with Gasteiger partial charge in [-0.15, -0.1) is 6.58 Å². The molecule has 1 aliphatic heterocycles. The van der Waals surface area contributed by atoms with Gasteiger partial charge in [-0.1, -0.05) is 6.08 Å². The van der Waals surface area contributed by atoms with E-state index in [9.17, 15) is 9.59 Å². The molecule has 0 bridgehead atoms. The van der Waals surface area contributed by atoms with Crippen LogP contribution in [0.2, 0.25) is 0 Å². The Balaban J connectivity index is 1.99. The summed E-state index contributed by atoms with van der Waals surface area (Å²) in [5, 5.41) is 0. The van der Waals surface area contributed by atoms with Crippen molar-refractivity contribution in [2.75, 3.05) is 13.1 Å². The van der Waals surface area contributed by atoms with Crippen LogP contribution in [0.25, 0.3) is 0 Å². The van der Waals surface area contributed by atoms with E-state index in [0.717, 1.165) is 6.42 Å². The molecule has 0 radical (unpaired) electrons. The van der Waals surface area contributed by atoms with E-state index < -0.39 is 5.60 Å². The number of nitrogens with zero attached hydrogens (tertiary/aromatic N) is 1. The molecule has 19 heavy (non-hydrogen) atoms. The molecule has 2 rings (SSSR count). The van der Waals surface area contributed by atoms with Gasteiger partial charge >= 0.3 is 6.09 Å². The molecule has 0 aromatic heterocycles. The fourth-order valence-corrected chi connectivity index (χ4v) is 3.18. The quantitative estimate of drug-likeness (QED) is 0.721. The van der Waals surface area contributed by atoms with Crippen LogP contribution in [0.15, 0.2) is 12.7 Å². The number of fused-ring (bicyclic) bond motifs is 1. The lowest BCUT2D eigenvalue weighted by Crippen LogP contribution is -2.36. The molecule has 0 N–H and O–H groups in total. The standard InChI is InChI=1S/C15H23NO3/c1-5-6-11-12-9-16(8-10(12)7-13(11)17)14(18)19-15(2,3)4/h5,10-12H,1,6-9H2,2-4H3/t10-,11-,12+/m0/s1. The number of allylic oxidation sites excluding steroid dienone is 1. The molecular formula is C15H23NO3. The third kappa shape index (κ3) is 2.99. The normalized spacial score (nSPS) is 30.4. The van der Waals surface area contributed by atoms with Crippen molar-refractivity contribution in [1.29, 1.82) is 0 Å². The van der Waals surface area contributed by atoms with Crippen LogP contribution >= 0.6 is 0 Å². The van der Waals surface area contributed by atoms with E-state index in [0.29, 0.717) is 31.2 Å². The topological polar surface area (TPSA) is 46.6 Å². The average Bonchev–Trinajstić information content (AvgIpc) is 2.77. The first-order valence-electron chi connectivity index (χ1n) is 6.93. The van der Waals surface area contributed by atoms with Crippen LogP contribution in [0.5, 0.6) is 0 Å². The van der Waals surface area contributed by atoms with Crippen LogP contribution in [0.1, 0.15) is 33.6 Å². The fourth-order valence-electron chi connectivity index (χ4n) is 3.18. The van der Waals surface area contributed by atoms with Crippen molar-refractivity contribution in [3.05, 3.63) is 12.7 Å². The van der Waals surface area contributed by atoms with Gasteiger partial charge in [0.2, 0.25) is 0 Å². The Labute approximate surface area is 114 Å². The molecule has 1 aliphatic carbocycles. The Morgan fingerprint density at radius 3 is 2.74 bits per heavy atom. The molecule has 2 fully saturated rings. The van der Waals surface area contributed by atoms with Gasteiger partial charge < -0.3 is 9.64 Å². The molecule has 3 atom stereocenters. The van der Waals surface area contributed by atoms with Crippen LogP contribution in [0.3, 0.4) is 0 Å². The highest BCUT2D eigenvalue weighted by Crippen LogP contribution is 2.42. The van der Waals surface area contributed by atoms with E-state index in [1.54, 1.807) is 11.0 Å². The molecule has 0 spiro atoms. The maximum atomic E-state index is 12.0. The Hall–Kier alpha value is -1.32. The summed E-state index contributed by atoms with van der Waals surface area (Å²) in [7, 11) is 0. The zero-order chi connectivity index (χ0) is 14.2. The Bertz CT molecular complexity index is 397. The third-order valence-corrected chi connectivity index (χ3v) is 3.96. The van der Waals surface area contributed by atoms with E-state index in [-0.39, 0.29) is 17.9 Å². The van der Waals surface area contributed by atoms with Gasteiger partial charge in [0.05, 0.1) is 0 Å². The molecule has 4 nitrogen and oxygen atoms in total. The number of ketones is 1. The van der Waals surface area contributed by atoms with Gasteiger partial charge in [-0.25, -0.2) is 4.79 Å². The SMILES string of the molecule is C=CC[C@@H]1C(=O)C[C@H]2CN(C(=O)OC(C)(C)C)C[C@H]21. The first-order chi connectivity index (χ1) is 8.81. The first-order valence-corrected chi connectivity index (χ1v) is 6.93. The first kappa shape index (κ1) is 14.1. The minimum absolute atomic E-state index is 0.0509. The molecule has 0 aromatic rings. The summed E-state index contributed by atoms with van der Waals surface area (Å²) in [5.41, 5.74) is -0.467. The molecule has 0 aromatic carbocycles. The van der Waals surface area contributed by atoms with Gasteiger partial charge in [0.1, 0.15) is 11.4 Å². The van der Waals surface area contributed by atoms with Crippen molar-refractivity contribution in [3.63, 3.8) is 0 Å². The summed E-state index contributed by atoms with van der Waals surface area (Å²) in [4.78, 5) is 25.7. The van der Waals surface area contributed by atoms with E-state index in [1.807, 2.05) is 20.8 Å². The van der Waals surface area contributed by atoms with Gasteiger partial charge in [-0.3, -0.25) is 4.79 Å². The van der Waals surface area contributed by atoms with Crippen LogP contribution in [0, 0.1) is 17.8 Å². The summed E-state index contributed by atoms with van der Waals surface area (Å²) < 4.78 is 5.39. The highest BCUT2D eigenvalue weighted by Gasteiger charge is 2.48. The summed E-state index contributed by atoms with van der Waals surface area (Å²) in [6.07, 6.45) is 2.87. The summed E-state index contributed by atoms with van der Waals surface area (Å²) in [6.45, 7) is 10.6. The summed E-state index contributed by atoms with van der Waals surface area (Å²) >= 11 is 0. The van der Waals surface area contributed by atoms with Gasteiger partial charge in [0.15, 0.2) is 0 Å². The van der Waals surface area contributed by atoms with E-state index in [1.165, 1.54) is 0 Å². The second-order valence-electron chi connectivity index (χ2n) is 6.61. The van der Waals surface area contributed by atoms with Crippen LogP contribution in [-0.2, 0) is 9.53 Å². The smallest absolute Gasteiger partial charge is 0.410 e. The molecule has 1 saturated heterocycles. The van der Waals surface area contributed by atoms with Gasteiger partial charge in [0, 0.05) is 25.4 Å². The van der Waals surface area contributed by atoms with Crippen molar-refractivity contribution < 1.29 is 14.3 Å². The molecule has 106 valence electrons.